The molecular weight excluding hydrogens is 262 g/mol. The van der Waals surface area contributed by atoms with E-state index in [-0.39, 0.29) is 6.10 Å². The Morgan fingerprint density at radius 1 is 1.33 bits per heavy atom. The summed E-state index contributed by atoms with van der Waals surface area (Å²) in [6, 6.07) is 10.7. The molecule has 0 amide bonds. The molecule has 2 N–H and O–H groups in total. The van der Waals surface area contributed by atoms with Crippen LogP contribution in [0.5, 0.6) is 0 Å². The van der Waals surface area contributed by atoms with E-state index in [1.807, 2.05) is 25.1 Å². The molecule has 0 saturated heterocycles. The molecule has 1 aromatic carbocycles. The number of rotatable bonds is 7. The average molecular weight is 291 g/mol. The normalized spacial score (nSPS) is 23.9. The Balaban J connectivity index is 1.65. The number of aliphatic hydroxyl groups is 1. The summed E-state index contributed by atoms with van der Waals surface area (Å²) in [5, 5.41) is 13.5. The standard InChI is InChI=1S/C18H29NO2/c1-14(15-7-5-4-6-8-15)21-13-17(20)12-19-16-9-10-18(2,3)11-16/h4-8,14,16-17,19-20H,9-13H2,1-3H3. The van der Waals surface area contributed by atoms with Gasteiger partial charge in [0, 0.05) is 12.6 Å². The van der Waals surface area contributed by atoms with Crippen LogP contribution in [-0.2, 0) is 4.74 Å². The topological polar surface area (TPSA) is 41.5 Å². The zero-order valence-electron chi connectivity index (χ0n) is 13.5. The van der Waals surface area contributed by atoms with Crippen molar-refractivity contribution in [1.82, 2.24) is 5.32 Å². The van der Waals surface area contributed by atoms with Crippen LogP contribution in [0.2, 0.25) is 0 Å². The van der Waals surface area contributed by atoms with E-state index in [1.165, 1.54) is 19.3 Å². The van der Waals surface area contributed by atoms with Crippen molar-refractivity contribution in [3.05, 3.63) is 35.9 Å². The zero-order chi connectivity index (χ0) is 15.3. The maximum Gasteiger partial charge on any atom is 0.0898 e. The first kappa shape index (κ1) is 16.5. The maximum absolute atomic E-state index is 10.0. The maximum atomic E-state index is 10.0. The molecule has 1 aliphatic carbocycles. The molecule has 0 aliphatic heterocycles. The van der Waals surface area contributed by atoms with Crippen LogP contribution in [-0.4, -0.2) is 30.4 Å². The van der Waals surface area contributed by atoms with Crippen molar-refractivity contribution in [2.45, 2.75) is 58.3 Å². The second-order valence-corrected chi connectivity index (χ2v) is 7.05. The molecular formula is C18H29NO2. The van der Waals surface area contributed by atoms with Gasteiger partial charge in [-0.25, -0.2) is 0 Å². The highest BCUT2D eigenvalue weighted by Crippen LogP contribution is 2.36. The van der Waals surface area contributed by atoms with Crippen molar-refractivity contribution < 1.29 is 9.84 Å². The highest BCUT2D eigenvalue weighted by atomic mass is 16.5. The fourth-order valence-electron chi connectivity index (χ4n) is 3.05. The summed E-state index contributed by atoms with van der Waals surface area (Å²) in [6.07, 6.45) is 3.25. The number of benzene rings is 1. The van der Waals surface area contributed by atoms with E-state index < -0.39 is 6.10 Å². The van der Waals surface area contributed by atoms with Gasteiger partial charge in [0.2, 0.25) is 0 Å². The summed E-state index contributed by atoms with van der Waals surface area (Å²) in [5.74, 6) is 0. The van der Waals surface area contributed by atoms with E-state index in [2.05, 4.69) is 31.3 Å². The first-order chi connectivity index (χ1) is 9.96. The minimum absolute atomic E-state index is 0.0197. The van der Waals surface area contributed by atoms with Crippen LogP contribution in [0, 0.1) is 5.41 Å². The summed E-state index contributed by atoms with van der Waals surface area (Å²) >= 11 is 0. The van der Waals surface area contributed by atoms with Gasteiger partial charge in [-0.1, -0.05) is 44.2 Å². The molecule has 1 fully saturated rings. The van der Waals surface area contributed by atoms with Crippen LogP contribution in [0.15, 0.2) is 30.3 Å². The number of nitrogens with one attached hydrogen (secondary N) is 1. The van der Waals surface area contributed by atoms with E-state index in [4.69, 9.17) is 4.74 Å². The van der Waals surface area contributed by atoms with Gasteiger partial charge in [-0.3, -0.25) is 0 Å². The van der Waals surface area contributed by atoms with Crippen molar-refractivity contribution in [3.8, 4) is 0 Å². The molecule has 0 heterocycles. The second kappa shape index (κ2) is 7.39. The van der Waals surface area contributed by atoms with Crippen LogP contribution in [0.1, 0.15) is 51.7 Å². The van der Waals surface area contributed by atoms with E-state index >= 15 is 0 Å². The van der Waals surface area contributed by atoms with Gasteiger partial charge >= 0.3 is 0 Å². The lowest BCUT2D eigenvalue weighted by Crippen LogP contribution is -2.36. The summed E-state index contributed by atoms with van der Waals surface area (Å²) in [4.78, 5) is 0. The van der Waals surface area contributed by atoms with Crippen LogP contribution < -0.4 is 5.32 Å². The quantitative estimate of drug-likeness (QED) is 0.810. The number of hydrogen-bond acceptors (Lipinski definition) is 3. The molecule has 1 aliphatic rings. The lowest BCUT2D eigenvalue weighted by Gasteiger charge is -2.20. The smallest absolute Gasteiger partial charge is 0.0898 e. The minimum atomic E-state index is -0.445. The third-order valence-electron chi connectivity index (χ3n) is 4.42. The van der Waals surface area contributed by atoms with Gasteiger partial charge < -0.3 is 15.2 Å². The van der Waals surface area contributed by atoms with E-state index in [0.717, 1.165) is 5.56 Å². The molecule has 1 aromatic rings. The first-order valence-corrected chi connectivity index (χ1v) is 8.04. The average Bonchev–Trinajstić information content (AvgIpc) is 2.83. The molecule has 2 rings (SSSR count). The van der Waals surface area contributed by atoms with Gasteiger partial charge in [0.05, 0.1) is 18.8 Å². The monoisotopic (exact) mass is 291 g/mol. The van der Waals surface area contributed by atoms with Crippen molar-refractivity contribution >= 4 is 0 Å². The van der Waals surface area contributed by atoms with Crippen molar-refractivity contribution in [2.75, 3.05) is 13.2 Å². The molecule has 0 bridgehead atoms. The summed E-state index contributed by atoms with van der Waals surface area (Å²) in [6.45, 7) is 7.64. The van der Waals surface area contributed by atoms with Crippen LogP contribution in [0.3, 0.4) is 0 Å². The van der Waals surface area contributed by atoms with Gasteiger partial charge in [-0.2, -0.15) is 0 Å². The zero-order valence-corrected chi connectivity index (χ0v) is 13.5. The molecule has 0 radical (unpaired) electrons. The first-order valence-electron chi connectivity index (χ1n) is 8.04. The van der Waals surface area contributed by atoms with Gasteiger partial charge in [0.25, 0.3) is 0 Å². The largest absolute Gasteiger partial charge is 0.389 e. The van der Waals surface area contributed by atoms with E-state index in [9.17, 15) is 5.11 Å². The highest BCUT2D eigenvalue weighted by Gasteiger charge is 2.30. The number of hydrogen-bond donors (Lipinski definition) is 2. The summed E-state index contributed by atoms with van der Waals surface area (Å²) < 4.78 is 5.76. The predicted octanol–water partition coefficient (Wildman–Crippen LogP) is 3.29. The summed E-state index contributed by atoms with van der Waals surface area (Å²) in [7, 11) is 0. The number of aliphatic hydroxyl groups excluding tert-OH is 1. The molecule has 0 aromatic heterocycles. The fourth-order valence-corrected chi connectivity index (χ4v) is 3.05. The SMILES string of the molecule is CC(OCC(O)CNC1CCC(C)(C)C1)c1ccccc1. The van der Waals surface area contributed by atoms with Crippen LogP contribution >= 0.6 is 0 Å². The molecule has 3 nitrogen and oxygen atoms in total. The second-order valence-electron chi connectivity index (χ2n) is 7.05. The molecule has 3 heteroatoms. The van der Waals surface area contributed by atoms with E-state index in [1.54, 1.807) is 0 Å². The third-order valence-corrected chi connectivity index (χ3v) is 4.42. The molecule has 1 saturated carbocycles. The molecule has 21 heavy (non-hydrogen) atoms. The van der Waals surface area contributed by atoms with Crippen molar-refractivity contribution in [2.24, 2.45) is 5.41 Å². The highest BCUT2D eigenvalue weighted by molar-refractivity contribution is 5.16. The van der Waals surface area contributed by atoms with Gasteiger partial charge in [0.15, 0.2) is 0 Å². The lowest BCUT2D eigenvalue weighted by atomic mass is 9.92. The Morgan fingerprint density at radius 2 is 2.05 bits per heavy atom. The Hall–Kier alpha value is -0.900. The van der Waals surface area contributed by atoms with Gasteiger partial charge in [-0.15, -0.1) is 0 Å². The Kier molecular flexibility index (Phi) is 5.80. The predicted molar refractivity (Wildman–Crippen MR) is 86.2 cm³/mol. The van der Waals surface area contributed by atoms with Crippen molar-refractivity contribution in [3.63, 3.8) is 0 Å². The van der Waals surface area contributed by atoms with Crippen LogP contribution in [0.25, 0.3) is 0 Å². The molecule has 118 valence electrons. The Bertz CT molecular complexity index is 418. The molecule has 0 spiro atoms. The van der Waals surface area contributed by atoms with Crippen molar-refractivity contribution in [1.29, 1.82) is 0 Å². The minimum Gasteiger partial charge on any atom is -0.389 e. The number of ether oxygens (including phenoxy) is 1. The van der Waals surface area contributed by atoms with E-state index in [0.29, 0.717) is 24.6 Å². The lowest BCUT2D eigenvalue weighted by molar-refractivity contribution is -0.00291. The Morgan fingerprint density at radius 3 is 2.67 bits per heavy atom. The van der Waals surface area contributed by atoms with Crippen LogP contribution in [0.4, 0.5) is 0 Å². The third kappa shape index (κ3) is 5.42. The van der Waals surface area contributed by atoms with Gasteiger partial charge in [-0.05, 0) is 37.2 Å². The Labute approximate surface area is 128 Å². The molecule has 3 unspecified atom stereocenters. The molecule has 3 atom stereocenters. The van der Waals surface area contributed by atoms with Gasteiger partial charge in [0.1, 0.15) is 0 Å². The summed E-state index contributed by atoms with van der Waals surface area (Å²) in [5.41, 5.74) is 1.59. The fraction of sp³-hybridized carbons (Fsp3) is 0.667.